The number of nitrogens with zero attached hydrogens (tertiary/aromatic N) is 4. The largest absolute Gasteiger partial charge is 0.573 e. The van der Waals surface area contributed by atoms with Gasteiger partial charge in [0.1, 0.15) is 23.3 Å². The van der Waals surface area contributed by atoms with E-state index >= 15 is 0 Å². The van der Waals surface area contributed by atoms with Crippen LogP contribution in [0.2, 0.25) is 0 Å². The molecule has 3 atom stereocenters. The maximum absolute atomic E-state index is 12.4. The number of carbonyl (C=O) groups is 2. The van der Waals surface area contributed by atoms with Crippen molar-refractivity contribution in [1.82, 2.24) is 20.2 Å². The molecule has 0 spiro atoms. The maximum Gasteiger partial charge on any atom is 0.573 e. The molecule has 13 heteroatoms. The summed E-state index contributed by atoms with van der Waals surface area (Å²) in [5, 5.41) is 5.81. The van der Waals surface area contributed by atoms with Crippen LogP contribution in [0.5, 0.6) is 5.75 Å². The van der Waals surface area contributed by atoms with Crippen molar-refractivity contribution < 1.29 is 27.5 Å². The number of alkyl halides is 3. The minimum absolute atomic E-state index is 0.0664. The van der Waals surface area contributed by atoms with E-state index in [0.29, 0.717) is 44.4 Å². The fourth-order valence-electron chi connectivity index (χ4n) is 4.89. The average Bonchev–Trinajstić information content (AvgIpc) is 3.50. The number of ether oxygens (including phenoxy) is 1. The molecule has 186 valence electrons. The van der Waals surface area contributed by atoms with Crippen molar-refractivity contribution in [2.75, 3.05) is 29.9 Å². The number of hydrogen-bond acceptors (Lipinski definition) is 8. The number of aromatic nitrogens is 2. The SMILES string of the molecule is NC(=O)c1cc(NC2CCNC2=O)nc(N2CC3CC2CN3Cc2ccc(OC(F)(F)F)cc2)n1. The minimum Gasteiger partial charge on any atom is -0.406 e. The topological polar surface area (TPSA) is 126 Å². The van der Waals surface area contributed by atoms with Gasteiger partial charge in [-0.3, -0.25) is 14.5 Å². The summed E-state index contributed by atoms with van der Waals surface area (Å²) in [4.78, 5) is 37.0. The summed E-state index contributed by atoms with van der Waals surface area (Å²) < 4.78 is 41.0. The molecule has 0 radical (unpaired) electrons. The van der Waals surface area contributed by atoms with Crippen molar-refractivity contribution in [3.05, 3.63) is 41.6 Å². The maximum atomic E-state index is 12.4. The Labute approximate surface area is 198 Å². The summed E-state index contributed by atoms with van der Waals surface area (Å²) in [6.45, 7) is 2.50. The summed E-state index contributed by atoms with van der Waals surface area (Å²) in [6.07, 6.45) is -3.24. The van der Waals surface area contributed by atoms with E-state index in [-0.39, 0.29) is 29.4 Å². The molecule has 1 aromatic heterocycles. The molecule has 4 N–H and O–H groups in total. The van der Waals surface area contributed by atoms with Gasteiger partial charge in [-0.15, -0.1) is 13.2 Å². The van der Waals surface area contributed by atoms with Gasteiger partial charge in [0.05, 0.1) is 0 Å². The third-order valence-electron chi connectivity index (χ3n) is 6.49. The number of piperazine rings is 1. The molecule has 4 heterocycles. The Hall–Kier alpha value is -3.61. The Morgan fingerprint density at radius 3 is 2.57 bits per heavy atom. The van der Waals surface area contributed by atoms with E-state index in [1.807, 2.05) is 4.90 Å². The van der Waals surface area contributed by atoms with Crippen molar-refractivity contribution in [3.8, 4) is 5.75 Å². The zero-order chi connectivity index (χ0) is 24.7. The molecule has 3 fully saturated rings. The smallest absolute Gasteiger partial charge is 0.406 e. The zero-order valence-electron chi connectivity index (χ0n) is 18.6. The van der Waals surface area contributed by atoms with Crippen molar-refractivity contribution in [1.29, 1.82) is 0 Å². The molecule has 3 unspecified atom stereocenters. The van der Waals surface area contributed by atoms with Crippen molar-refractivity contribution in [2.24, 2.45) is 5.73 Å². The van der Waals surface area contributed by atoms with Crippen LogP contribution in [0.3, 0.4) is 0 Å². The first-order chi connectivity index (χ1) is 16.6. The number of anilines is 2. The van der Waals surface area contributed by atoms with Crippen LogP contribution in [-0.4, -0.2) is 70.8 Å². The normalized spacial score (nSPS) is 24.0. The number of benzene rings is 1. The van der Waals surface area contributed by atoms with E-state index in [2.05, 4.69) is 30.2 Å². The van der Waals surface area contributed by atoms with Gasteiger partial charge in [0.15, 0.2) is 0 Å². The second-order valence-corrected chi connectivity index (χ2v) is 8.90. The van der Waals surface area contributed by atoms with Crippen LogP contribution in [0.25, 0.3) is 0 Å². The first kappa shape index (κ1) is 23.1. The van der Waals surface area contributed by atoms with Crippen molar-refractivity contribution >= 4 is 23.6 Å². The zero-order valence-corrected chi connectivity index (χ0v) is 18.6. The van der Waals surface area contributed by atoms with Gasteiger partial charge in [0.25, 0.3) is 5.91 Å². The highest BCUT2D eigenvalue weighted by Crippen LogP contribution is 2.35. The van der Waals surface area contributed by atoms with E-state index in [1.54, 1.807) is 12.1 Å². The molecular formula is C22H24F3N7O3. The Bertz CT molecular complexity index is 1130. The van der Waals surface area contributed by atoms with Gasteiger partial charge < -0.3 is 26.0 Å². The first-order valence-corrected chi connectivity index (χ1v) is 11.2. The first-order valence-electron chi connectivity index (χ1n) is 11.2. The Morgan fingerprint density at radius 1 is 1.20 bits per heavy atom. The molecule has 2 amide bonds. The fourth-order valence-corrected chi connectivity index (χ4v) is 4.89. The lowest BCUT2D eigenvalue weighted by atomic mass is 10.2. The summed E-state index contributed by atoms with van der Waals surface area (Å²) >= 11 is 0. The number of hydrogen-bond donors (Lipinski definition) is 3. The lowest BCUT2D eigenvalue weighted by Crippen LogP contribution is -2.46. The van der Waals surface area contributed by atoms with Crippen molar-refractivity contribution in [2.45, 2.75) is 43.9 Å². The van der Waals surface area contributed by atoms with Gasteiger partial charge in [-0.05, 0) is 30.5 Å². The third-order valence-corrected chi connectivity index (χ3v) is 6.49. The van der Waals surface area contributed by atoms with Gasteiger partial charge in [0.2, 0.25) is 11.9 Å². The van der Waals surface area contributed by atoms with Crippen LogP contribution in [0.4, 0.5) is 24.9 Å². The molecule has 2 bridgehead atoms. The number of amides is 2. The van der Waals surface area contributed by atoms with E-state index < -0.39 is 18.3 Å². The number of halogens is 3. The predicted octanol–water partition coefficient (Wildman–Crippen LogP) is 1.24. The average molecular weight is 491 g/mol. The molecule has 3 aliphatic rings. The van der Waals surface area contributed by atoms with Gasteiger partial charge in [-0.1, -0.05) is 12.1 Å². The molecular weight excluding hydrogens is 467 g/mol. The van der Waals surface area contributed by atoms with Gasteiger partial charge >= 0.3 is 6.36 Å². The molecule has 35 heavy (non-hydrogen) atoms. The van der Waals surface area contributed by atoms with E-state index in [9.17, 15) is 22.8 Å². The highest BCUT2D eigenvalue weighted by molar-refractivity contribution is 5.92. The number of nitrogens with two attached hydrogens (primary N) is 1. The van der Waals surface area contributed by atoms with Crippen molar-refractivity contribution in [3.63, 3.8) is 0 Å². The monoisotopic (exact) mass is 491 g/mol. The molecule has 1 aromatic carbocycles. The molecule has 5 rings (SSSR count). The number of primary amides is 1. The van der Waals surface area contributed by atoms with Crippen LogP contribution in [0.1, 0.15) is 28.9 Å². The van der Waals surface area contributed by atoms with Crippen LogP contribution in [0.15, 0.2) is 30.3 Å². The summed E-state index contributed by atoms with van der Waals surface area (Å²) in [5.41, 5.74) is 6.43. The number of nitrogens with one attached hydrogen (secondary N) is 2. The number of carbonyl (C=O) groups excluding carboxylic acids is 2. The van der Waals surface area contributed by atoms with Crippen LogP contribution in [-0.2, 0) is 11.3 Å². The second-order valence-electron chi connectivity index (χ2n) is 8.90. The van der Waals surface area contributed by atoms with E-state index in [0.717, 1.165) is 12.0 Å². The lowest BCUT2D eigenvalue weighted by molar-refractivity contribution is -0.274. The Kier molecular flexibility index (Phi) is 5.87. The van der Waals surface area contributed by atoms with Crippen LogP contribution in [0, 0.1) is 0 Å². The lowest BCUT2D eigenvalue weighted by Gasteiger charge is -2.34. The fraction of sp³-hybridized carbons (Fsp3) is 0.455. The molecule has 2 aromatic rings. The Morgan fingerprint density at radius 2 is 1.97 bits per heavy atom. The molecule has 10 nitrogen and oxygen atoms in total. The number of likely N-dealkylation sites (tertiary alicyclic amines) is 1. The summed E-state index contributed by atoms with van der Waals surface area (Å²) in [5.74, 6) is -0.313. The number of rotatable bonds is 7. The second kappa shape index (κ2) is 8.87. The molecule has 3 aliphatic heterocycles. The summed E-state index contributed by atoms with van der Waals surface area (Å²) in [7, 11) is 0. The van der Waals surface area contributed by atoms with Crippen LogP contribution >= 0.6 is 0 Å². The molecule has 0 aliphatic carbocycles. The predicted molar refractivity (Wildman–Crippen MR) is 119 cm³/mol. The Balaban J connectivity index is 1.26. The highest BCUT2D eigenvalue weighted by atomic mass is 19.4. The standard InChI is InChI=1S/C22H24F3N7O3/c23-22(24,25)35-15-3-1-12(2-4-15)9-31-10-14-7-13(31)11-32(14)21-29-17(19(26)33)8-18(30-21)28-16-5-6-27-20(16)34/h1-4,8,13-14,16H,5-7,9-11H2,(H2,26,33)(H,27,34)(H,28,29,30). The van der Waals surface area contributed by atoms with Gasteiger partial charge in [-0.2, -0.15) is 4.98 Å². The van der Waals surface area contributed by atoms with Gasteiger partial charge in [0, 0.05) is 44.3 Å². The highest BCUT2D eigenvalue weighted by Gasteiger charge is 2.44. The van der Waals surface area contributed by atoms with E-state index in [4.69, 9.17) is 5.73 Å². The third kappa shape index (κ3) is 5.09. The van der Waals surface area contributed by atoms with Crippen LogP contribution < -0.4 is 26.0 Å². The summed E-state index contributed by atoms with van der Waals surface area (Å²) in [6, 6.07) is 7.20. The minimum atomic E-state index is -4.72. The number of fused-ring (bicyclic) bond motifs is 2. The van der Waals surface area contributed by atoms with Gasteiger partial charge in [-0.25, -0.2) is 4.98 Å². The molecule has 0 saturated carbocycles. The van der Waals surface area contributed by atoms with E-state index in [1.165, 1.54) is 18.2 Å². The quantitative estimate of drug-likeness (QED) is 0.528. The molecule has 3 saturated heterocycles.